The summed E-state index contributed by atoms with van der Waals surface area (Å²) in [6, 6.07) is -0.0560. The number of piperidine rings is 1. The number of fused-ring (bicyclic) bond motifs is 1. The van der Waals surface area contributed by atoms with Crippen LogP contribution >= 0.6 is 0 Å². The molecule has 100 valence electrons. The van der Waals surface area contributed by atoms with Gasteiger partial charge in [-0.2, -0.15) is 0 Å². The predicted molar refractivity (Wildman–Crippen MR) is 67.8 cm³/mol. The lowest BCUT2D eigenvalue weighted by Gasteiger charge is -2.46. The second-order valence-corrected chi connectivity index (χ2v) is 5.94. The zero-order valence-electron chi connectivity index (χ0n) is 11.3. The highest BCUT2D eigenvalue weighted by Crippen LogP contribution is 2.42. The smallest absolute Gasteiger partial charge is 0.246 e. The highest BCUT2D eigenvalue weighted by atomic mass is 16.2. The Morgan fingerprint density at radius 3 is 2.67 bits per heavy atom. The number of rotatable bonds is 2. The molecule has 0 radical (unpaired) electrons. The van der Waals surface area contributed by atoms with Crippen LogP contribution in [0.2, 0.25) is 0 Å². The Morgan fingerprint density at radius 1 is 1.22 bits per heavy atom. The third-order valence-corrected chi connectivity index (χ3v) is 4.87. The molecule has 2 aliphatic heterocycles. The number of carbonyl (C=O) groups excluding carboxylic acids is 2. The molecule has 0 aromatic carbocycles. The zero-order chi connectivity index (χ0) is 12.9. The van der Waals surface area contributed by atoms with Crippen LogP contribution in [0.25, 0.3) is 0 Å². The van der Waals surface area contributed by atoms with Gasteiger partial charge in [-0.1, -0.05) is 13.3 Å². The SMILES string of the molecule is CCC1CC1N1C(=O)C2CCCCN2C(=O)C1C. The predicted octanol–water partition coefficient (Wildman–Crippen LogP) is 1.40. The van der Waals surface area contributed by atoms with Gasteiger partial charge in [0.15, 0.2) is 0 Å². The van der Waals surface area contributed by atoms with Gasteiger partial charge in [0, 0.05) is 12.6 Å². The summed E-state index contributed by atoms with van der Waals surface area (Å²) in [6.45, 7) is 4.84. The normalized spacial score (nSPS) is 39.9. The molecule has 1 saturated carbocycles. The van der Waals surface area contributed by atoms with Gasteiger partial charge in [0.25, 0.3) is 0 Å². The lowest BCUT2D eigenvalue weighted by molar-refractivity contribution is -0.163. The highest BCUT2D eigenvalue weighted by molar-refractivity contribution is 5.97. The van der Waals surface area contributed by atoms with E-state index in [-0.39, 0.29) is 23.9 Å². The monoisotopic (exact) mass is 250 g/mol. The number of nitrogens with zero attached hydrogens (tertiary/aromatic N) is 2. The van der Waals surface area contributed by atoms with E-state index in [0.29, 0.717) is 12.0 Å². The molecule has 3 rings (SSSR count). The van der Waals surface area contributed by atoms with Crippen LogP contribution in [0.4, 0.5) is 0 Å². The molecule has 4 heteroatoms. The molecule has 0 aromatic heterocycles. The molecule has 4 atom stereocenters. The van der Waals surface area contributed by atoms with E-state index in [0.717, 1.165) is 38.6 Å². The quantitative estimate of drug-likeness (QED) is 0.743. The number of piperazine rings is 1. The molecular formula is C14H22N2O2. The fraction of sp³-hybridized carbons (Fsp3) is 0.857. The zero-order valence-corrected chi connectivity index (χ0v) is 11.3. The summed E-state index contributed by atoms with van der Waals surface area (Å²) >= 11 is 0. The van der Waals surface area contributed by atoms with Crippen molar-refractivity contribution in [2.45, 2.75) is 64.1 Å². The van der Waals surface area contributed by atoms with Crippen LogP contribution in [0.3, 0.4) is 0 Å². The molecule has 0 spiro atoms. The van der Waals surface area contributed by atoms with Crippen molar-refractivity contribution in [3.63, 3.8) is 0 Å². The molecular weight excluding hydrogens is 228 g/mol. The van der Waals surface area contributed by atoms with E-state index < -0.39 is 0 Å². The van der Waals surface area contributed by atoms with Gasteiger partial charge >= 0.3 is 0 Å². The van der Waals surface area contributed by atoms with Crippen molar-refractivity contribution in [2.24, 2.45) is 5.92 Å². The van der Waals surface area contributed by atoms with Crippen molar-refractivity contribution in [3.8, 4) is 0 Å². The maximum atomic E-state index is 12.6. The lowest BCUT2D eigenvalue weighted by atomic mass is 9.95. The molecule has 3 aliphatic rings. The third-order valence-electron chi connectivity index (χ3n) is 4.87. The Morgan fingerprint density at radius 2 is 2.00 bits per heavy atom. The lowest BCUT2D eigenvalue weighted by Crippen LogP contribution is -2.65. The average molecular weight is 250 g/mol. The summed E-state index contributed by atoms with van der Waals surface area (Å²) in [5.41, 5.74) is 0. The minimum absolute atomic E-state index is 0.152. The van der Waals surface area contributed by atoms with Gasteiger partial charge < -0.3 is 9.80 Å². The Kier molecular flexibility index (Phi) is 2.83. The second-order valence-electron chi connectivity index (χ2n) is 5.94. The summed E-state index contributed by atoms with van der Waals surface area (Å²) in [4.78, 5) is 28.7. The van der Waals surface area contributed by atoms with Gasteiger partial charge in [0.1, 0.15) is 12.1 Å². The van der Waals surface area contributed by atoms with E-state index in [9.17, 15) is 9.59 Å². The van der Waals surface area contributed by atoms with Crippen molar-refractivity contribution in [1.82, 2.24) is 9.80 Å². The molecule has 1 aliphatic carbocycles. The first-order valence-electron chi connectivity index (χ1n) is 7.27. The van der Waals surface area contributed by atoms with Crippen LogP contribution in [0.5, 0.6) is 0 Å². The van der Waals surface area contributed by atoms with E-state index in [2.05, 4.69) is 6.92 Å². The first-order chi connectivity index (χ1) is 8.65. The summed E-state index contributed by atoms with van der Waals surface area (Å²) in [5.74, 6) is 1.00. The minimum atomic E-state index is -0.242. The van der Waals surface area contributed by atoms with Gasteiger partial charge in [0.05, 0.1) is 0 Å². The Bertz CT molecular complexity index is 382. The summed E-state index contributed by atoms with van der Waals surface area (Å²) < 4.78 is 0. The van der Waals surface area contributed by atoms with Gasteiger partial charge in [-0.3, -0.25) is 9.59 Å². The molecule has 4 unspecified atom stereocenters. The van der Waals surface area contributed by atoms with Crippen molar-refractivity contribution < 1.29 is 9.59 Å². The van der Waals surface area contributed by atoms with E-state index >= 15 is 0 Å². The van der Waals surface area contributed by atoms with Crippen molar-refractivity contribution >= 4 is 11.8 Å². The van der Waals surface area contributed by atoms with Crippen LogP contribution in [0.1, 0.15) is 46.0 Å². The first kappa shape index (κ1) is 12.0. The molecule has 3 fully saturated rings. The van der Waals surface area contributed by atoms with Crippen LogP contribution in [-0.4, -0.2) is 46.3 Å². The molecule has 2 saturated heterocycles. The third kappa shape index (κ3) is 1.65. The summed E-state index contributed by atoms with van der Waals surface area (Å²) in [5, 5.41) is 0. The Labute approximate surface area is 108 Å². The van der Waals surface area contributed by atoms with E-state index in [1.165, 1.54) is 0 Å². The minimum Gasteiger partial charge on any atom is -0.329 e. The molecule has 0 N–H and O–H groups in total. The fourth-order valence-electron chi connectivity index (χ4n) is 3.64. The van der Waals surface area contributed by atoms with Crippen LogP contribution in [0.15, 0.2) is 0 Å². The maximum absolute atomic E-state index is 12.6. The largest absolute Gasteiger partial charge is 0.329 e. The topological polar surface area (TPSA) is 40.6 Å². The summed E-state index contributed by atoms with van der Waals surface area (Å²) in [7, 11) is 0. The number of amides is 2. The van der Waals surface area contributed by atoms with Crippen molar-refractivity contribution in [3.05, 3.63) is 0 Å². The Hall–Kier alpha value is -1.06. The van der Waals surface area contributed by atoms with Gasteiger partial charge in [0.2, 0.25) is 11.8 Å². The fourth-order valence-corrected chi connectivity index (χ4v) is 3.64. The molecule has 0 aromatic rings. The van der Waals surface area contributed by atoms with E-state index in [1.807, 2.05) is 16.7 Å². The van der Waals surface area contributed by atoms with Crippen molar-refractivity contribution in [2.75, 3.05) is 6.54 Å². The second kappa shape index (κ2) is 4.25. The molecule has 0 bridgehead atoms. The standard InChI is InChI=1S/C14H22N2O2/c1-3-10-8-12(10)16-9(2)13(17)15-7-5-4-6-11(15)14(16)18/h9-12H,3-8H2,1-2H3. The van der Waals surface area contributed by atoms with Crippen LogP contribution in [0, 0.1) is 5.92 Å². The number of hydrogen-bond donors (Lipinski definition) is 0. The highest BCUT2D eigenvalue weighted by Gasteiger charge is 2.52. The van der Waals surface area contributed by atoms with Crippen LogP contribution in [-0.2, 0) is 9.59 Å². The average Bonchev–Trinajstić information content (AvgIpc) is 3.16. The first-order valence-corrected chi connectivity index (χ1v) is 7.27. The van der Waals surface area contributed by atoms with Gasteiger partial charge in [-0.25, -0.2) is 0 Å². The Balaban J connectivity index is 1.83. The molecule has 2 amide bonds. The molecule has 18 heavy (non-hydrogen) atoms. The maximum Gasteiger partial charge on any atom is 0.246 e. The number of carbonyl (C=O) groups is 2. The number of hydrogen-bond acceptors (Lipinski definition) is 2. The molecule has 4 nitrogen and oxygen atoms in total. The van der Waals surface area contributed by atoms with Crippen LogP contribution < -0.4 is 0 Å². The van der Waals surface area contributed by atoms with E-state index in [1.54, 1.807) is 0 Å². The van der Waals surface area contributed by atoms with Crippen molar-refractivity contribution in [1.29, 1.82) is 0 Å². The summed E-state index contributed by atoms with van der Waals surface area (Å²) in [6.07, 6.45) is 5.18. The molecule has 2 heterocycles. The van der Waals surface area contributed by atoms with E-state index in [4.69, 9.17) is 0 Å². The van der Waals surface area contributed by atoms with Gasteiger partial charge in [-0.05, 0) is 38.5 Å². The van der Waals surface area contributed by atoms with Gasteiger partial charge in [-0.15, -0.1) is 0 Å².